The predicted molar refractivity (Wildman–Crippen MR) is 62.1 cm³/mol. The van der Waals surface area contributed by atoms with Crippen molar-refractivity contribution in [3.05, 3.63) is 23.9 Å². The van der Waals surface area contributed by atoms with Gasteiger partial charge in [-0.2, -0.15) is 0 Å². The van der Waals surface area contributed by atoms with Crippen molar-refractivity contribution < 1.29 is 0 Å². The molecule has 1 aliphatic heterocycles. The fourth-order valence-electron chi connectivity index (χ4n) is 1.82. The van der Waals surface area contributed by atoms with Crippen molar-refractivity contribution in [2.75, 3.05) is 38.1 Å². The van der Waals surface area contributed by atoms with Gasteiger partial charge in [0.25, 0.3) is 0 Å². The monoisotopic (exact) mass is 206 g/mol. The van der Waals surface area contributed by atoms with Crippen LogP contribution < -0.4 is 15.5 Å². The number of pyridine rings is 1. The van der Waals surface area contributed by atoms with Gasteiger partial charge in [0.2, 0.25) is 0 Å². The van der Waals surface area contributed by atoms with E-state index < -0.39 is 0 Å². The van der Waals surface area contributed by atoms with Crippen LogP contribution in [0.5, 0.6) is 0 Å². The Balaban J connectivity index is 2.09. The molecule has 15 heavy (non-hydrogen) atoms. The molecule has 0 unspecified atom stereocenters. The molecule has 2 N–H and O–H groups in total. The molecule has 1 fully saturated rings. The van der Waals surface area contributed by atoms with E-state index in [4.69, 9.17) is 0 Å². The Morgan fingerprint density at radius 1 is 1.40 bits per heavy atom. The number of hydrogen-bond acceptors (Lipinski definition) is 4. The summed E-state index contributed by atoms with van der Waals surface area (Å²) < 4.78 is 0. The van der Waals surface area contributed by atoms with Gasteiger partial charge >= 0.3 is 0 Å². The zero-order chi connectivity index (χ0) is 10.5. The first-order valence-electron chi connectivity index (χ1n) is 5.46. The van der Waals surface area contributed by atoms with Crippen molar-refractivity contribution in [3.63, 3.8) is 0 Å². The number of nitrogens with one attached hydrogen (secondary N) is 2. The Hall–Kier alpha value is -1.13. The Bertz CT molecular complexity index is 307. The minimum absolute atomic E-state index is 0.833. The van der Waals surface area contributed by atoms with Gasteiger partial charge < -0.3 is 15.5 Å². The number of nitrogens with zero attached hydrogens (tertiary/aromatic N) is 2. The van der Waals surface area contributed by atoms with E-state index in [-0.39, 0.29) is 0 Å². The lowest BCUT2D eigenvalue weighted by Crippen LogP contribution is -2.43. The van der Waals surface area contributed by atoms with Crippen LogP contribution in [0.2, 0.25) is 0 Å². The Morgan fingerprint density at radius 3 is 2.93 bits per heavy atom. The molecule has 4 nitrogen and oxygen atoms in total. The van der Waals surface area contributed by atoms with Gasteiger partial charge in [0.15, 0.2) is 0 Å². The molecule has 0 saturated carbocycles. The van der Waals surface area contributed by atoms with E-state index in [9.17, 15) is 0 Å². The fraction of sp³-hybridized carbons (Fsp3) is 0.545. The van der Waals surface area contributed by atoms with Gasteiger partial charge in [0, 0.05) is 32.7 Å². The van der Waals surface area contributed by atoms with Gasteiger partial charge in [-0.05, 0) is 19.2 Å². The minimum Gasteiger partial charge on any atom is -0.354 e. The van der Waals surface area contributed by atoms with Crippen molar-refractivity contribution in [3.8, 4) is 0 Å². The van der Waals surface area contributed by atoms with Gasteiger partial charge in [-0.15, -0.1) is 0 Å². The number of aromatic nitrogens is 1. The average Bonchev–Trinajstić information content (AvgIpc) is 2.31. The Morgan fingerprint density at radius 2 is 2.20 bits per heavy atom. The lowest BCUT2D eigenvalue weighted by molar-refractivity contribution is 0.584. The van der Waals surface area contributed by atoms with Gasteiger partial charge in [-0.25, -0.2) is 4.98 Å². The second-order valence-corrected chi connectivity index (χ2v) is 3.75. The normalized spacial score (nSPS) is 16.7. The van der Waals surface area contributed by atoms with E-state index in [1.54, 1.807) is 0 Å². The van der Waals surface area contributed by atoms with Crippen LogP contribution >= 0.6 is 0 Å². The fourth-order valence-corrected chi connectivity index (χ4v) is 1.82. The van der Waals surface area contributed by atoms with Crippen LogP contribution in [0.15, 0.2) is 18.2 Å². The third kappa shape index (κ3) is 2.67. The number of rotatable bonds is 3. The maximum Gasteiger partial charge on any atom is 0.128 e. The highest BCUT2D eigenvalue weighted by Crippen LogP contribution is 2.11. The number of hydrogen-bond donors (Lipinski definition) is 2. The van der Waals surface area contributed by atoms with Crippen LogP contribution in [0.1, 0.15) is 5.69 Å². The summed E-state index contributed by atoms with van der Waals surface area (Å²) in [5.74, 6) is 1.10. The highest BCUT2D eigenvalue weighted by molar-refractivity contribution is 5.39. The molecule has 0 atom stereocenters. The first kappa shape index (κ1) is 10.4. The van der Waals surface area contributed by atoms with Gasteiger partial charge in [0.05, 0.1) is 5.69 Å². The van der Waals surface area contributed by atoms with Crippen LogP contribution in [0.4, 0.5) is 5.82 Å². The van der Waals surface area contributed by atoms with Crippen molar-refractivity contribution >= 4 is 5.82 Å². The first-order chi connectivity index (χ1) is 7.40. The van der Waals surface area contributed by atoms with Crippen LogP contribution in [0.3, 0.4) is 0 Å². The summed E-state index contributed by atoms with van der Waals surface area (Å²) in [6, 6.07) is 6.23. The summed E-state index contributed by atoms with van der Waals surface area (Å²) in [6.07, 6.45) is 0. The highest BCUT2D eigenvalue weighted by Gasteiger charge is 2.11. The molecule has 1 aromatic heterocycles. The molecular weight excluding hydrogens is 188 g/mol. The zero-order valence-corrected chi connectivity index (χ0v) is 9.16. The third-order valence-electron chi connectivity index (χ3n) is 2.59. The van der Waals surface area contributed by atoms with E-state index in [1.807, 2.05) is 7.05 Å². The summed E-state index contributed by atoms with van der Waals surface area (Å²) >= 11 is 0. The first-order valence-corrected chi connectivity index (χ1v) is 5.46. The van der Waals surface area contributed by atoms with E-state index in [2.05, 4.69) is 38.7 Å². The van der Waals surface area contributed by atoms with Crippen LogP contribution in [0.25, 0.3) is 0 Å². The van der Waals surface area contributed by atoms with Crippen LogP contribution in [-0.2, 0) is 6.54 Å². The zero-order valence-electron chi connectivity index (χ0n) is 9.16. The standard InChI is InChI=1S/C11H18N4/c1-12-9-10-3-2-4-11(14-10)15-7-5-13-6-8-15/h2-4,12-13H,5-9H2,1H3. The molecule has 2 rings (SSSR count). The molecule has 0 radical (unpaired) electrons. The summed E-state index contributed by atoms with van der Waals surface area (Å²) in [5.41, 5.74) is 1.11. The molecule has 1 aromatic rings. The predicted octanol–water partition coefficient (Wildman–Crippen LogP) is 0.211. The Kier molecular flexibility index (Phi) is 3.53. The molecular formula is C11H18N4. The van der Waals surface area contributed by atoms with Crippen molar-refractivity contribution in [1.29, 1.82) is 0 Å². The largest absolute Gasteiger partial charge is 0.354 e. The molecule has 4 heteroatoms. The third-order valence-corrected chi connectivity index (χ3v) is 2.59. The molecule has 0 amide bonds. The van der Waals surface area contributed by atoms with Crippen LogP contribution in [-0.4, -0.2) is 38.2 Å². The lowest BCUT2D eigenvalue weighted by Gasteiger charge is -2.28. The molecule has 1 aliphatic rings. The molecule has 0 bridgehead atoms. The smallest absolute Gasteiger partial charge is 0.128 e. The second kappa shape index (κ2) is 5.09. The quantitative estimate of drug-likeness (QED) is 0.742. The van der Waals surface area contributed by atoms with Crippen molar-refractivity contribution in [2.24, 2.45) is 0 Å². The van der Waals surface area contributed by atoms with Crippen LogP contribution in [0, 0.1) is 0 Å². The van der Waals surface area contributed by atoms with Crippen molar-refractivity contribution in [1.82, 2.24) is 15.6 Å². The SMILES string of the molecule is CNCc1cccc(N2CCNCC2)n1. The maximum absolute atomic E-state index is 4.62. The van der Waals surface area contributed by atoms with Gasteiger partial charge in [-0.3, -0.25) is 0 Å². The highest BCUT2D eigenvalue weighted by atomic mass is 15.2. The molecule has 0 aliphatic carbocycles. The second-order valence-electron chi connectivity index (χ2n) is 3.75. The molecule has 1 saturated heterocycles. The molecule has 0 aromatic carbocycles. The summed E-state index contributed by atoms with van der Waals surface area (Å²) in [5, 5.41) is 6.46. The summed E-state index contributed by atoms with van der Waals surface area (Å²) in [6.45, 7) is 5.04. The van der Waals surface area contributed by atoms with E-state index >= 15 is 0 Å². The van der Waals surface area contributed by atoms with Gasteiger partial charge in [-0.1, -0.05) is 6.07 Å². The van der Waals surface area contributed by atoms with E-state index in [0.717, 1.165) is 44.2 Å². The minimum atomic E-state index is 0.833. The van der Waals surface area contributed by atoms with E-state index in [0.29, 0.717) is 0 Å². The average molecular weight is 206 g/mol. The van der Waals surface area contributed by atoms with Gasteiger partial charge in [0.1, 0.15) is 5.82 Å². The molecule has 0 spiro atoms. The number of anilines is 1. The summed E-state index contributed by atoms with van der Waals surface area (Å²) in [4.78, 5) is 6.95. The molecule has 82 valence electrons. The topological polar surface area (TPSA) is 40.2 Å². The summed E-state index contributed by atoms with van der Waals surface area (Å²) in [7, 11) is 1.94. The number of piperazine rings is 1. The maximum atomic E-state index is 4.62. The van der Waals surface area contributed by atoms with E-state index in [1.165, 1.54) is 0 Å². The Labute approximate surface area is 90.7 Å². The molecule has 2 heterocycles. The lowest BCUT2D eigenvalue weighted by atomic mass is 10.3. The van der Waals surface area contributed by atoms with Crippen molar-refractivity contribution in [2.45, 2.75) is 6.54 Å².